The fourth-order valence-electron chi connectivity index (χ4n) is 4.47. The number of benzene rings is 1. The Kier molecular flexibility index (Phi) is 6.91. The maximum atomic E-state index is 13.7. The van der Waals surface area contributed by atoms with Gasteiger partial charge in [-0.3, -0.25) is 9.59 Å². The molecule has 1 aliphatic heterocycles. The molecule has 2 N–H and O–H groups in total. The number of carbonyl (C=O) groups excluding carboxylic acids is 3. The number of hydrogen-bond acceptors (Lipinski definition) is 8. The molecule has 0 unspecified atom stereocenters. The van der Waals surface area contributed by atoms with E-state index >= 15 is 0 Å². The van der Waals surface area contributed by atoms with Gasteiger partial charge in [0, 0.05) is 22.9 Å². The summed E-state index contributed by atoms with van der Waals surface area (Å²) in [6.45, 7) is 7.34. The van der Waals surface area contributed by atoms with Crippen molar-refractivity contribution in [2.75, 3.05) is 20.3 Å². The molecule has 0 bridgehead atoms. The van der Waals surface area contributed by atoms with Gasteiger partial charge >= 0.3 is 11.9 Å². The molecule has 3 atom stereocenters. The molecule has 1 heterocycles. The zero-order valence-electron chi connectivity index (χ0n) is 19.0. The first kappa shape index (κ1) is 23.4. The van der Waals surface area contributed by atoms with E-state index in [1.165, 1.54) is 13.2 Å². The summed E-state index contributed by atoms with van der Waals surface area (Å²) < 4.78 is 15.7. The largest absolute Gasteiger partial charge is 0.504 e. The summed E-state index contributed by atoms with van der Waals surface area (Å²) in [7, 11) is 1.42. The van der Waals surface area contributed by atoms with Crippen LogP contribution in [0.3, 0.4) is 0 Å². The number of ketones is 1. The molecule has 0 spiro atoms. The van der Waals surface area contributed by atoms with E-state index in [-0.39, 0.29) is 42.0 Å². The summed E-state index contributed by atoms with van der Waals surface area (Å²) in [5, 5.41) is 13.3. The van der Waals surface area contributed by atoms with Crippen LogP contribution in [0.15, 0.2) is 40.7 Å². The van der Waals surface area contributed by atoms with Crippen LogP contribution in [0.2, 0.25) is 0 Å². The molecule has 8 nitrogen and oxygen atoms in total. The molecule has 2 aliphatic rings. The summed E-state index contributed by atoms with van der Waals surface area (Å²) >= 11 is 0. The van der Waals surface area contributed by atoms with Gasteiger partial charge in [0.25, 0.3) is 0 Å². The molecule has 1 aromatic carbocycles. The van der Waals surface area contributed by atoms with Crippen molar-refractivity contribution >= 4 is 17.7 Å². The average Bonchev–Trinajstić information content (AvgIpc) is 2.73. The number of hydrogen-bond donors (Lipinski definition) is 2. The number of phenolic OH excluding ortho intramolecular Hbond substituents is 1. The van der Waals surface area contributed by atoms with Gasteiger partial charge in [0.1, 0.15) is 5.92 Å². The van der Waals surface area contributed by atoms with Crippen molar-refractivity contribution in [2.45, 2.75) is 40.0 Å². The van der Waals surface area contributed by atoms with Gasteiger partial charge < -0.3 is 24.6 Å². The second kappa shape index (κ2) is 9.46. The van der Waals surface area contributed by atoms with Gasteiger partial charge in [0.05, 0.1) is 25.9 Å². The number of nitrogens with one attached hydrogen (secondary N) is 1. The highest BCUT2D eigenvalue weighted by atomic mass is 16.5. The molecule has 0 saturated carbocycles. The number of dihydropyridines is 1. The zero-order valence-corrected chi connectivity index (χ0v) is 19.0. The second-order valence-electron chi connectivity index (χ2n) is 7.92. The minimum Gasteiger partial charge on any atom is -0.504 e. The van der Waals surface area contributed by atoms with Gasteiger partial charge in [-0.2, -0.15) is 0 Å². The van der Waals surface area contributed by atoms with Gasteiger partial charge in [0.2, 0.25) is 0 Å². The zero-order chi connectivity index (χ0) is 23.6. The van der Waals surface area contributed by atoms with Gasteiger partial charge in [-0.05, 0) is 50.8 Å². The topological polar surface area (TPSA) is 111 Å². The molecule has 0 amide bonds. The molecule has 172 valence electrons. The molecule has 1 aromatic rings. The van der Waals surface area contributed by atoms with Crippen LogP contribution < -0.4 is 10.1 Å². The highest BCUT2D eigenvalue weighted by Gasteiger charge is 2.47. The Labute approximate surface area is 187 Å². The first-order chi connectivity index (χ1) is 15.2. The Morgan fingerprint density at radius 2 is 1.88 bits per heavy atom. The quantitative estimate of drug-likeness (QED) is 0.510. The predicted molar refractivity (Wildman–Crippen MR) is 116 cm³/mol. The van der Waals surface area contributed by atoms with E-state index < -0.39 is 23.8 Å². The van der Waals surface area contributed by atoms with Gasteiger partial charge in [-0.25, -0.2) is 4.79 Å². The maximum absolute atomic E-state index is 13.7. The highest BCUT2D eigenvalue weighted by molar-refractivity contribution is 6.12. The molecule has 8 heteroatoms. The Bertz CT molecular complexity index is 1010. The third-order valence-electron chi connectivity index (χ3n) is 5.86. The van der Waals surface area contributed by atoms with E-state index in [1.807, 2.05) is 6.92 Å². The van der Waals surface area contributed by atoms with Crippen LogP contribution in [0.1, 0.15) is 45.6 Å². The van der Waals surface area contributed by atoms with E-state index in [4.69, 9.17) is 14.2 Å². The number of aromatic hydroxyl groups is 1. The third kappa shape index (κ3) is 4.09. The summed E-state index contributed by atoms with van der Waals surface area (Å²) in [5.41, 5.74) is 2.44. The maximum Gasteiger partial charge on any atom is 0.336 e. The molecule has 3 rings (SSSR count). The first-order valence-corrected chi connectivity index (χ1v) is 10.7. The Morgan fingerprint density at radius 1 is 1.19 bits per heavy atom. The molecule has 0 aromatic heterocycles. The van der Waals surface area contributed by atoms with E-state index in [9.17, 15) is 19.5 Å². The average molecular weight is 443 g/mol. The summed E-state index contributed by atoms with van der Waals surface area (Å²) in [5.74, 6) is -3.36. The summed E-state index contributed by atoms with van der Waals surface area (Å²) in [6, 6.07) is 4.68. The number of ether oxygens (including phenoxy) is 3. The monoisotopic (exact) mass is 443 g/mol. The smallest absolute Gasteiger partial charge is 0.336 e. The van der Waals surface area contributed by atoms with E-state index in [0.29, 0.717) is 29.0 Å². The standard InChI is InChI=1S/C24H29NO7/c1-6-31-23(28)18-12(3)10-15-21(22(18)27)20(14-8-9-16(26)17(11-14)30-5)19(13(4)25-15)24(29)32-7-2/h8-9,11-12,18,20,25-26H,6-7,10H2,1-5H3/t12-,18+,20+/m0/s1. The highest BCUT2D eigenvalue weighted by Crippen LogP contribution is 2.46. The molecule has 0 saturated heterocycles. The number of rotatable bonds is 6. The van der Waals surface area contributed by atoms with Crippen molar-refractivity contribution in [3.8, 4) is 11.5 Å². The Hall–Kier alpha value is -3.29. The van der Waals surface area contributed by atoms with Crippen LogP contribution in [0, 0.1) is 11.8 Å². The second-order valence-corrected chi connectivity index (χ2v) is 7.92. The Morgan fingerprint density at radius 3 is 2.50 bits per heavy atom. The van der Waals surface area contributed by atoms with Crippen molar-refractivity contribution in [1.29, 1.82) is 0 Å². The lowest BCUT2D eigenvalue weighted by atomic mass is 9.69. The normalized spacial score (nSPS) is 22.8. The number of carbonyl (C=O) groups is 3. The van der Waals surface area contributed by atoms with Crippen molar-refractivity contribution in [3.05, 3.63) is 46.3 Å². The van der Waals surface area contributed by atoms with Crippen molar-refractivity contribution in [1.82, 2.24) is 5.32 Å². The fourth-order valence-corrected chi connectivity index (χ4v) is 4.47. The van der Waals surface area contributed by atoms with Crippen molar-refractivity contribution in [2.24, 2.45) is 11.8 Å². The van der Waals surface area contributed by atoms with E-state index in [1.54, 1.807) is 32.9 Å². The van der Waals surface area contributed by atoms with E-state index in [0.717, 1.165) is 0 Å². The molecular formula is C24H29NO7. The van der Waals surface area contributed by atoms with Crippen LogP contribution in [-0.2, 0) is 23.9 Å². The van der Waals surface area contributed by atoms with Crippen LogP contribution >= 0.6 is 0 Å². The van der Waals surface area contributed by atoms with Crippen LogP contribution in [0.5, 0.6) is 11.5 Å². The minimum absolute atomic E-state index is 0.0641. The van der Waals surface area contributed by atoms with Crippen LogP contribution in [0.4, 0.5) is 0 Å². The van der Waals surface area contributed by atoms with Gasteiger partial charge in [-0.15, -0.1) is 0 Å². The van der Waals surface area contributed by atoms with Gasteiger partial charge in [-0.1, -0.05) is 13.0 Å². The number of methoxy groups -OCH3 is 1. The fraction of sp³-hybridized carbons (Fsp3) is 0.458. The molecule has 0 radical (unpaired) electrons. The van der Waals surface area contributed by atoms with Crippen molar-refractivity contribution < 1.29 is 33.7 Å². The molecule has 1 aliphatic carbocycles. The minimum atomic E-state index is -0.959. The summed E-state index contributed by atoms with van der Waals surface area (Å²) in [6.07, 6.45) is 0.448. The number of esters is 2. The lowest BCUT2D eigenvalue weighted by molar-refractivity contribution is -0.153. The van der Waals surface area contributed by atoms with E-state index in [2.05, 4.69) is 5.32 Å². The number of phenols is 1. The third-order valence-corrected chi connectivity index (χ3v) is 5.86. The predicted octanol–water partition coefficient (Wildman–Crippen LogP) is 2.97. The lowest BCUT2D eigenvalue weighted by Gasteiger charge is -2.38. The molecular weight excluding hydrogens is 414 g/mol. The summed E-state index contributed by atoms with van der Waals surface area (Å²) in [4.78, 5) is 39.2. The van der Waals surface area contributed by atoms with Crippen LogP contribution in [0.25, 0.3) is 0 Å². The van der Waals surface area contributed by atoms with Gasteiger partial charge in [0.15, 0.2) is 17.3 Å². The Balaban J connectivity index is 2.20. The number of Topliss-reactive ketones (excluding diaryl/α,β-unsaturated/α-hetero) is 1. The first-order valence-electron chi connectivity index (χ1n) is 10.7. The SMILES string of the molecule is CCOC(=O)C1=C(C)NC2=C(C(=O)[C@H](C(=O)OCC)[C@@H](C)C2)[C@@H]1c1ccc(O)c(OC)c1. The molecule has 32 heavy (non-hydrogen) atoms. The lowest BCUT2D eigenvalue weighted by Crippen LogP contribution is -2.43. The van der Waals surface area contributed by atoms with Crippen molar-refractivity contribution in [3.63, 3.8) is 0 Å². The molecule has 0 fully saturated rings. The van der Waals surface area contributed by atoms with Crippen LogP contribution in [-0.4, -0.2) is 43.2 Å². The number of allylic oxidation sites excluding steroid dienone is 3.